The standard InChI is InChI=1S/C9H10N2S/c1-5-4-7(10)8(11)6-2-3-12-9(5)6/h2-4H,10-11H2,1H3. The maximum absolute atomic E-state index is 5.81. The van der Waals surface area contributed by atoms with Crippen LogP contribution >= 0.6 is 11.3 Å². The van der Waals surface area contributed by atoms with Crippen LogP contribution in [0, 0.1) is 6.92 Å². The molecule has 0 atom stereocenters. The lowest BCUT2D eigenvalue weighted by Crippen LogP contribution is -1.95. The second-order valence-electron chi connectivity index (χ2n) is 2.86. The van der Waals surface area contributed by atoms with Gasteiger partial charge in [-0.05, 0) is 30.0 Å². The lowest BCUT2D eigenvalue weighted by molar-refractivity contribution is 1.55. The summed E-state index contributed by atoms with van der Waals surface area (Å²) in [6, 6.07) is 3.94. The number of fused-ring (bicyclic) bond motifs is 1. The first-order chi connectivity index (χ1) is 5.70. The number of thiophene rings is 1. The molecule has 2 nitrogen and oxygen atoms in total. The molecule has 0 unspecified atom stereocenters. The van der Waals surface area contributed by atoms with Crippen molar-refractivity contribution in [3.05, 3.63) is 23.1 Å². The van der Waals surface area contributed by atoms with Gasteiger partial charge in [0.25, 0.3) is 0 Å². The van der Waals surface area contributed by atoms with Crippen molar-refractivity contribution in [3.8, 4) is 0 Å². The first kappa shape index (κ1) is 7.43. The zero-order valence-corrected chi connectivity index (χ0v) is 7.61. The van der Waals surface area contributed by atoms with Gasteiger partial charge in [0.05, 0.1) is 11.4 Å². The second kappa shape index (κ2) is 2.38. The second-order valence-corrected chi connectivity index (χ2v) is 3.78. The lowest BCUT2D eigenvalue weighted by Gasteiger charge is -2.03. The summed E-state index contributed by atoms with van der Waals surface area (Å²) in [7, 11) is 0. The third kappa shape index (κ3) is 0.865. The molecule has 1 aromatic carbocycles. The highest BCUT2D eigenvalue weighted by molar-refractivity contribution is 7.17. The number of anilines is 2. The summed E-state index contributed by atoms with van der Waals surface area (Å²) in [5, 5.41) is 3.12. The number of rotatable bonds is 0. The number of benzene rings is 1. The number of nitrogens with two attached hydrogens (primary N) is 2. The van der Waals surface area contributed by atoms with E-state index in [-0.39, 0.29) is 0 Å². The Balaban J connectivity index is 2.97. The molecule has 0 aliphatic heterocycles. The molecule has 62 valence electrons. The van der Waals surface area contributed by atoms with Crippen LogP contribution in [0.3, 0.4) is 0 Å². The van der Waals surface area contributed by atoms with Gasteiger partial charge in [-0.3, -0.25) is 0 Å². The van der Waals surface area contributed by atoms with E-state index in [9.17, 15) is 0 Å². The zero-order chi connectivity index (χ0) is 8.72. The minimum absolute atomic E-state index is 0.679. The van der Waals surface area contributed by atoms with Gasteiger partial charge in [-0.25, -0.2) is 0 Å². The van der Waals surface area contributed by atoms with Crippen molar-refractivity contribution in [1.29, 1.82) is 0 Å². The molecular formula is C9H10N2S. The molecule has 4 N–H and O–H groups in total. The van der Waals surface area contributed by atoms with E-state index in [0.29, 0.717) is 11.4 Å². The van der Waals surface area contributed by atoms with E-state index in [1.165, 1.54) is 10.3 Å². The quantitative estimate of drug-likeness (QED) is 0.608. The molecule has 1 aromatic heterocycles. The number of nitrogen functional groups attached to an aromatic ring is 2. The molecule has 1 heterocycles. The van der Waals surface area contributed by atoms with Crippen molar-refractivity contribution >= 4 is 32.8 Å². The average Bonchev–Trinajstić information content (AvgIpc) is 2.48. The Morgan fingerprint density at radius 2 is 2.08 bits per heavy atom. The molecule has 0 bridgehead atoms. The van der Waals surface area contributed by atoms with E-state index in [2.05, 4.69) is 6.92 Å². The summed E-state index contributed by atoms with van der Waals surface area (Å²) in [6.07, 6.45) is 0. The first-order valence-electron chi connectivity index (χ1n) is 3.72. The Morgan fingerprint density at radius 3 is 2.83 bits per heavy atom. The van der Waals surface area contributed by atoms with Gasteiger partial charge in [0.2, 0.25) is 0 Å². The SMILES string of the molecule is Cc1cc(N)c(N)c2ccsc12. The molecule has 2 aromatic rings. The normalized spacial score (nSPS) is 10.8. The molecule has 0 saturated heterocycles. The van der Waals surface area contributed by atoms with Crippen molar-refractivity contribution in [2.24, 2.45) is 0 Å². The molecule has 3 heteroatoms. The number of hydrogen-bond acceptors (Lipinski definition) is 3. The Labute approximate surface area is 74.8 Å². The Hall–Kier alpha value is -1.22. The van der Waals surface area contributed by atoms with E-state index < -0.39 is 0 Å². The fourth-order valence-corrected chi connectivity index (χ4v) is 2.25. The summed E-state index contributed by atoms with van der Waals surface area (Å²) in [6.45, 7) is 2.05. The molecule has 2 rings (SSSR count). The van der Waals surface area contributed by atoms with Crippen LogP contribution in [0.15, 0.2) is 17.5 Å². The van der Waals surface area contributed by atoms with Gasteiger partial charge in [0.15, 0.2) is 0 Å². The summed E-state index contributed by atoms with van der Waals surface area (Å²) in [4.78, 5) is 0. The van der Waals surface area contributed by atoms with Crippen molar-refractivity contribution in [2.45, 2.75) is 6.92 Å². The fourth-order valence-electron chi connectivity index (χ4n) is 1.36. The highest BCUT2D eigenvalue weighted by atomic mass is 32.1. The van der Waals surface area contributed by atoms with Gasteiger partial charge < -0.3 is 11.5 Å². The summed E-state index contributed by atoms with van der Waals surface area (Å²) in [5.41, 5.74) is 14.1. The van der Waals surface area contributed by atoms with E-state index in [1.807, 2.05) is 17.5 Å². The third-order valence-corrected chi connectivity index (χ3v) is 3.05. The predicted octanol–water partition coefficient (Wildman–Crippen LogP) is 2.37. The molecule has 0 fully saturated rings. The average molecular weight is 178 g/mol. The molecule has 12 heavy (non-hydrogen) atoms. The van der Waals surface area contributed by atoms with Gasteiger partial charge >= 0.3 is 0 Å². The summed E-state index contributed by atoms with van der Waals surface area (Å²) >= 11 is 1.70. The van der Waals surface area contributed by atoms with E-state index in [0.717, 1.165) is 5.39 Å². The van der Waals surface area contributed by atoms with Gasteiger partial charge in [-0.15, -0.1) is 11.3 Å². The fraction of sp³-hybridized carbons (Fsp3) is 0.111. The molecular weight excluding hydrogens is 168 g/mol. The minimum Gasteiger partial charge on any atom is -0.397 e. The maximum atomic E-state index is 5.81. The van der Waals surface area contributed by atoms with Crippen molar-refractivity contribution in [2.75, 3.05) is 11.5 Å². The summed E-state index contributed by atoms with van der Waals surface area (Å²) < 4.78 is 1.24. The molecule has 0 saturated carbocycles. The van der Waals surface area contributed by atoms with Crippen LogP contribution in [0.1, 0.15) is 5.56 Å². The molecule has 0 spiro atoms. The predicted molar refractivity (Wildman–Crippen MR) is 55.4 cm³/mol. The zero-order valence-electron chi connectivity index (χ0n) is 6.79. The molecule has 0 radical (unpaired) electrons. The van der Waals surface area contributed by atoms with E-state index in [1.54, 1.807) is 11.3 Å². The Bertz CT molecular complexity index is 431. The highest BCUT2D eigenvalue weighted by Gasteiger charge is 2.05. The van der Waals surface area contributed by atoms with Crippen LogP contribution in [-0.4, -0.2) is 0 Å². The van der Waals surface area contributed by atoms with Crippen LogP contribution in [0.2, 0.25) is 0 Å². The van der Waals surface area contributed by atoms with Gasteiger partial charge in [0, 0.05) is 10.1 Å². The largest absolute Gasteiger partial charge is 0.397 e. The topological polar surface area (TPSA) is 52.0 Å². The third-order valence-electron chi connectivity index (χ3n) is 2.00. The van der Waals surface area contributed by atoms with Crippen LogP contribution in [0.25, 0.3) is 10.1 Å². The lowest BCUT2D eigenvalue weighted by atomic mass is 10.1. The van der Waals surface area contributed by atoms with Gasteiger partial charge in [-0.1, -0.05) is 0 Å². The molecule has 0 amide bonds. The first-order valence-corrected chi connectivity index (χ1v) is 4.60. The van der Waals surface area contributed by atoms with Crippen molar-refractivity contribution in [1.82, 2.24) is 0 Å². The monoisotopic (exact) mass is 178 g/mol. The van der Waals surface area contributed by atoms with Crippen LogP contribution in [-0.2, 0) is 0 Å². The number of hydrogen-bond donors (Lipinski definition) is 2. The van der Waals surface area contributed by atoms with Crippen LogP contribution in [0.4, 0.5) is 11.4 Å². The van der Waals surface area contributed by atoms with Crippen molar-refractivity contribution in [3.63, 3.8) is 0 Å². The van der Waals surface area contributed by atoms with Crippen LogP contribution in [0.5, 0.6) is 0 Å². The highest BCUT2D eigenvalue weighted by Crippen LogP contribution is 2.33. The molecule has 0 aliphatic carbocycles. The van der Waals surface area contributed by atoms with Gasteiger partial charge in [0.1, 0.15) is 0 Å². The maximum Gasteiger partial charge on any atom is 0.0636 e. The Kier molecular flexibility index (Phi) is 1.48. The van der Waals surface area contributed by atoms with Crippen LogP contribution < -0.4 is 11.5 Å². The molecule has 0 aliphatic rings. The summed E-state index contributed by atoms with van der Waals surface area (Å²) in [5.74, 6) is 0. The van der Waals surface area contributed by atoms with Gasteiger partial charge in [-0.2, -0.15) is 0 Å². The number of aryl methyl sites for hydroxylation is 1. The van der Waals surface area contributed by atoms with E-state index >= 15 is 0 Å². The van der Waals surface area contributed by atoms with E-state index in [4.69, 9.17) is 11.5 Å². The smallest absolute Gasteiger partial charge is 0.0636 e. The van der Waals surface area contributed by atoms with Crippen molar-refractivity contribution < 1.29 is 0 Å². The minimum atomic E-state index is 0.679. The Morgan fingerprint density at radius 1 is 1.33 bits per heavy atom.